The lowest BCUT2D eigenvalue weighted by Gasteiger charge is -2.06. The highest BCUT2D eigenvalue weighted by atomic mass is 79.9. The molecular formula is C14H12BrFOS. The van der Waals surface area contributed by atoms with Crippen LogP contribution in [-0.4, -0.2) is 12.4 Å². The molecule has 0 bridgehead atoms. The molecule has 2 rings (SSSR count). The third-order valence-electron chi connectivity index (χ3n) is 2.23. The van der Waals surface area contributed by atoms with E-state index in [1.807, 2.05) is 30.3 Å². The summed E-state index contributed by atoms with van der Waals surface area (Å²) in [6, 6.07) is 14.3. The van der Waals surface area contributed by atoms with Crippen LogP contribution in [0.5, 0.6) is 5.75 Å². The lowest BCUT2D eigenvalue weighted by Crippen LogP contribution is -1.99. The highest BCUT2D eigenvalue weighted by Gasteiger charge is 1.97. The van der Waals surface area contributed by atoms with Crippen molar-refractivity contribution in [2.75, 3.05) is 12.4 Å². The molecule has 0 aliphatic heterocycles. The third-order valence-corrected chi connectivity index (χ3v) is 3.72. The van der Waals surface area contributed by atoms with E-state index in [1.54, 1.807) is 17.8 Å². The molecule has 18 heavy (non-hydrogen) atoms. The molecule has 0 aliphatic carbocycles. The number of hydrogen-bond donors (Lipinski definition) is 0. The van der Waals surface area contributed by atoms with Crippen molar-refractivity contribution in [1.29, 1.82) is 0 Å². The van der Waals surface area contributed by atoms with Gasteiger partial charge in [0, 0.05) is 15.1 Å². The second kappa shape index (κ2) is 6.81. The van der Waals surface area contributed by atoms with Crippen molar-refractivity contribution in [3.8, 4) is 5.75 Å². The van der Waals surface area contributed by atoms with Crippen molar-refractivity contribution in [2.45, 2.75) is 4.90 Å². The molecule has 0 amide bonds. The molecule has 0 aliphatic rings. The standard InChI is InChI=1S/C14H12BrFOS/c15-11-4-6-13(7-5-11)17-8-9-18-14-3-1-2-12(16)10-14/h1-7,10H,8-9H2. The van der Waals surface area contributed by atoms with Gasteiger partial charge in [0.15, 0.2) is 0 Å². The Morgan fingerprint density at radius 2 is 1.89 bits per heavy atom. The Hall–Kier alpha value is -1.00. The minimum atomic E-state index is -0.200. The minimum absolute atomic E-state index is 0.200. The number of rotatable bonds is 5. The number of thioether (sulfide) groups is 1. The topological polar surface area (TPSA) is 9.23 Å². The first-order chi connectivity index (χ1) is 8.74. The van der Waals surface area contributed by atoms with E-state index in [0.29, 0.717) is 6.61 Å². The second-order valence-corrected chi connectivity index (χ2v) is 5.69. The number of benzene rings is 2. The quantitative estimate of drug-likeness (QED) is 0.578. The maximum Gasteiger partial charge on any atom is 0.124 e. The fraction of sp³-hybridized carbons (Fsp3) is 0.143. The van der Waals surface area contributed by atoms with E-state index in [1.165, 1.54) is 12.1 Å². The molecule has 2 aromatic carbocycles. The van der Waals surface area contributed by atoms with Crippen LogP contribution in [0, 0.1) is 5.82 Å². The van der Waals surface area contributed by atoms with Gasteiger partial charge < -0.3 is 4.74 Å². The normalized spacial score (nSPS) is 10.3. The fourth-order valence-corrected chi connectivity index (χ4v) is 2.44. The first-order valence-electron chi connectivity index (χ1n) is 5.51. The summed E-state index contributed by atoms with van der Waals surface area (Å²) < 4.78 is 19.5. The smallest absolute Gasteiger partial charge is 0.124 e. The molecule has 1 nitrogen and oxygen atoms in total. The van der Waals surface area contributed by atoms with Gasteiger partial charge in [0.1, 0.15) is 11.6 Å². The monoisotopic (exact) mass is 326 g/mol. The number of ether oxygens (including phenoxy) is 1. The van der Waals surface area contributed by atoms with Gasteiger partial charge >= 0.3 is 0 Å². The highest BCUT2D eigenvalue weighted by Crippen LogP contribution is 2.20. The van der Waals surface area contributed by atoms with Gasteiger partial charge in [0.05, 0.1) is 6.61 Å². The summed E-state index contributed by atoms with van der Waals surface area (Å²) in [5, 5.41) is 0. The van der Waals surface area contributed by atoms with Crippen molar-refractivity contribution in [3.05, 3.63) is 58.8 Å². The summed E-state index contributed by atoms with van der Waals surface area (Å²) in [6.45, 7) is 0.600. The van der Waals surface area contributed by atoms with Gasteiger partial charge in [0.25, 0.3) is 0 Å². The van der Waals surface area contributed by atoms with Crippen LogP contribution in [0.3, 0.4) is 0 Å². The molecule has 0 radical (unpaired) electrons. The molecule has 0 spiro atoms. The minimum Gasteiger partial charge on any atom is -0.493 e. The van der Waals surface area contributed by atoms with Gasteiger partial charge in [-0.3, -0.25) is 0 Å². The maximum atomic E-state index is 12.9. The molecule has 0 unspecified atom stereocenters. The van der Waals surface area contributed by atoms with Crippen molar-refractivity contribution in [2.24, 2.45) is 0 Å². The second-order valence-electron chi connectivity index (χ2n) is 3.61. The highest BCUT2D eigenvalue weighted by molar-refractivity contribution is 9.10. The Morgan fingerprint density at radius 3 is 2.61 bits per heavy atom. The molecule has 0 saturated heterocycles. The zero-order valence-corrected chi connectivity index (χ0v) is 12.0. The summed E-state index contributed by atoms with van der Waals surface area (Å²) in [5.41, 5.74) is 0. The SMILES string of the molecule is Fc1cccc(SCCOc2ccc(Br)cc2)c1. The van der Waals surface area contributed by atoms with Gasteiger partial charge in [-0.15, -0.1) is 11.8 Å². The van der Waals surface area contributed by atoms with Gasteiger partial charge in [-0.1, -0.05) is 22.0 Å². The van der Waals surface area contributed by atoms with Crippen molar-refractivity contribution >= 4 is 27.7 Å². The van der Waals surface area contributed by atoms with E-state index in [9.17, 15) is 4.39 Å². The predicted molar refractivity (Wildman–Crippen MR) is 76.8 cm³/mol. The number of hydrogen-bond acceptors (Lipinski definition) is 2. The Kier molecular flexibility index (Phi) is 5.08. The Balaban J connectivity index is 1.74. The third kappa shape index (κ3) is 4.35. The summed E-state index contributed by atoms with van der Waals surface area (Å²) in [7, 11) is 0. The van der Waals surface area contributed by atoms with Crippen LogP contribution in [0.4, 0.5) is 4.39 Å². The zero-order chi connectivity index (χ0) is 12.8. The van der Waals surface area contributed by atoms with Crippen molar-refractivity contribution in [3.63, 3.8) is 0 Å². The van der Waals surface area contributed by atoms with Crippen LogP contribution < -0.4 is 4.74 Å². The number of halogens is 2. The van der Waals surface area contributed by atoms with Crippen LogP contribution in [-0.2, 0) is 0 Å². The lowest BCUT2D eigenvalue weighted by atomic mass is 10.3. The lowest BCUT2D eigenvalue weighted by molar-refractivity contribution is 0.344. The van der Waals surface area contributed by atoms with Gasteiger partial charge in [-0.25, -0.2) is 4.39 Å². The van der Waals surface area contributed by atoms with Gasteiger partial charge in [0.2, 0.25) is 0 Å². The summed E-state index contributed by atoms with van der Waals surface area (Å²) in [5.74, 6) is 1.44. The molecule has 0 N–H and O–H groups in total. The Morgan fingerprint density at radius 1 is 1.11 bits per heavy atom. The molecule has 4 heteroatoms. The molecule has 0 saturated carbocycles. The fourth-order valence-electron chi connectivity index (χ4n) is 1.41. The van der Waals surface area contributed by atoms with Crippen LogP contribution in [0.15, 0.2) is 57.9 Å². The molecule has 2 aromatic rings. The predicted octanol–water partition coefficient (Wildman–Crippen LogP) is 4.76. The molecule has 0 aromatic heterocycles. The molecule has 0 fully saturated rings. The largest absolute Gasteiger partial charge is 0.493 e. The van der Waals surface area contributed by atoms with Crippen LogP contribution in [0.1, 0.15) is 0 Å². The van der Waals surface area contributed by atoms with E-state index >= 15 is 0 Å². The Labute approximate surface area is 118 Å². The van der Waals surface area contributed by atoms with E-state index < -0.39 is 0 Å². The Bertz CT molecular complexity index is 501. The first-order valence-corrected chi connectivity index (χ1v) is 7.28. The molecule has 94 valence electrons. The van der Waals surface area contributed by atoms with E-state index in [0.717, 1.165) is 20.9 Å². The molecular weight excluding hydrogens is 315 g/mol. The average Bonchev–Trinajstić information content (AvgIpc) is 2.37. The van der Waals surface area contributed by atoms with E-state index in [4.69, 9.17) is 4.74 Å². The maximum absolute atomic E-state index is 12.9. The zero-order valence-electron chi connectivity index (χ0n) is 9.61. The van der Waals surface area contributed by atoms with Crippen LogP contribution in [0.25, 0.3) is 0 Å². The summed E-state index contributed by atoms with van der Waals surface area (Å²) in [4.78, 5) is 0.925. The first kappa shape index (κ1) is 13.4. The summed E-state index contributed by atoms with van der Waals surface area (Å²) in [6.07, 6.45) is 0. The summed E-state index contributed by atoms with van der Waals surface area (Å²) >= 11 is 4.95. The van der Waals surface area contributed by atoms with Gasteiger partial charge in [-0.05, 0) is 42.5 Å². The average molecular weight is 327 g/mol. The van der Waals surface area contributed by atoms with Crippen LogP contribution in [0.2, 0.25) is 0 Å². The van der Waals surface area contributed by atoms with E-state index in [-0.39, 0.29) is 5.82 Å². The van der Waals surface area contributed by atoms with Crippen LogP contribution >= 0.6 is 27.7 Å². The molecule has 0 heterocycles. The van der Waals surface area contributed by atoms with Gasteiger partial charge in [-0.2, -0.15) is 0 Å². The molecule has 0 atom stereocenters. The van der Waals surface area contributed by atoms with Crippen molar-refractivity contribution < 1.29 is 9.13 Å². The van der Waals surface area contributed by atoms with E-state index in [2.05, 4.69) is 15.9 Å². The van der Waals surface area contributed by atoms with Crippen molar-refractivity contribution in [1.82, 2.24) is 0 Å².